The van der Waals surface area contributed by atoms with E-state index in [1.165, 1.54) is 5.56 Å². The Balaban J connectivity index is 2.02. The highest BCUT2D eigenvalue weighted by Crippen LogP contribution is 2.30. The van der Waals surface area contributed by atoms with Gasteiger partial charge in [0.25, 0.3) is 0 Å². The first kappa shape index (κ1) is 13.9. The van der Waals surface area contributed by atoms with Gasteiger partial charge in [0.2, 0.25) is 0 Å². The van der Waals surface area contributed by atoms with Crippen LogP contribution in [-0.4, -0.2) is 10.9 Å². The first-order valence-corrected chi connectivity index (χ1v) is 7.36. The van der Waals surface area contributed by atoms with E-state index in [1.807, 2.05) is 47.9 Å². The number of fused-ring (bicyclic) bond motifs is 1. The first-order valence-electron chi connectivity index (χ1n) is 6.98. The third-order valence-electron chi connectivity index (χ3n) is 3.78. The van der Waals surface area contributed by atoms with E-state index in [0.29, 0.717) is 10.7 Å². The van der Waals surface area contributed by atoms with Crippen LogP contribution in [0.1, 0.15) is 21.5 Å². The first-order chi connectivity index (χ1) is 10.2. The smallest absolute Gasteiger partial charge is 0.153 e. The van der Waals surface area contributed by atoms with Crippen LogP contribution in [-0.2, 0) is 13.0 Å². The van der Waals surface area contributed by atoms with Gasteiger partial charge in [-0.2, -0.15) is 0 Å². The predicted molar refractivity (Wildman–Crippen MR) is 87.2 cm³/mol. The molecular weight excluding hydrogens is 282 g/mol. The van der Waals surface area contributed by atoms with Gasteiger partial charge in [-0.3, -0.25) is 4.79 Å². The molecule has 0 N–H and O–H groups in total. The molecule has 1 heterocycles. The quantitative estimate of drug-likeness (QED) is 0.642. The van der Waals surface area contributed by atoms with Gasteiger partial charge in [0.15, 0.2) is 6.29 Å². The zero-order valence-corrected chi connectivity index (χ0v) is 12.6. The largest absolute Gasteiger partial charge is 0.331 e. The average molecular weight is 298 g/mol. The van der Waals surface area contributed by atoms with Crippen molar-refractivity contribution in [2.45, 2.75) is 19.9 Å². The van der Waals surface area contributed by atoms with Gasteiger partial charge in [0.1, 0.15) is 5.15 Å². The second-order valence-electron chi connectivity index (χ2n) is 5.23. The molecule has 2 aromatic carbocycles. The van der Waals surface area contributed by atoms with Crippen molar-refractivity contribution in [3.8, 4) is 0 Å². The van der Waals surface area contributed by atoms with Crippen molar-refractivity contribution in [3.63, 3.8) is 0 Å². The van der Waals surface area contributed by atoms with E-state index in [-0.39, 0.29) is 0 Å². The maximum absolute atomic E-state index is 11.3. The van der Waals surface area contributed by atoms with E-state index in [1.54, 1.807) is 0 Å². The molecular formula is C18H16ClNO. The Hall–Kier alpha value is -2.06. The number of halogens is 1. The highest BCUT2D eigenvalue weighted by Gasteiger charge is 2.15. The maximum Gasteiger partial charge on any atom is 0.153 e. The summed E-state index contributed by atoms with van der Waals surface area (Å²) >= 11 is 6.40. The van der Waals surface area contributed by atoms with Gasteiger partial charge < -0.3 is 4.57 Å². The van der Waals surface area contributed by atoms with Gasteiger partial charge >= 0.3 is 0 Å². The topological polar surface area (TPSA) is 22.0 Å². The summed E-state index contributed by atoms with van der Waals surface area (Å²) in [5, 5.41) is 1.46. The number of hydrogen-bond acceptors (Lipinski definition) is 1. The van der Waals surface area contributed by atoms with Crippen molar-refractivity contribution in [2.75, 3.05) is 0 Å². The standard InChI is InChI=1S/C18H16ClNO/c1-13-7-8-17-15(11-13)16(12-21)18(19)20(17)10-9-14-5-3-2-4-6-14/h2-8,11-12H,9-10H2,1H3. The number of aryl methyl sites for hydroxylation is 3. The molecule has 0 atom stereocenters. The number of hydrogen-bond donors (Lipinski definition) is 0. The molecule has 0 saturated heterocycles. The number of carbonyl (C=O) groups is 1. The molecule has 0 amide bonds. The minimum Gasteiger partial charge on any atom is -0.331 e. The zero-order chi connectivity index (χ0) is 14.8. The van der Waals surface area contributed by atoms with Crippen LogP contribution >= 0.6 is 11.6 Å². The lowest BCUT2D eigenvalue weighted by atomic mass is 10.1. The Bertz CT molecular complexity index is 790. The highest BCUT2D eigenvalue weighted by molar-refractivity contribution is 6.34. The van der Waals surface area contributed by atoms with Gasteiger partial charge in [-0.25, -0.2) is 0 Å². The molecule has 2 nitrogen and oxygen atoms in total. The molecule has 0 spiro atoms. The highest BCUT2D eigenvalue weighted by atomic mass is 35.5. The number of rotatable bonds is 4. The number of aromatic nitrogens is 1. The summed E-state index contributed by atoms with van der Waals surface area (Å²) in [6.45, 7) is 2.78. The normalized spacial score (nSPS) is 11.0. The Morgan fingerprint density at radius 1 is 1.14 bits per heavy atom. The summed E-state index contributed by atoms with van der Waals surface area (Å²) in [4.78, 5) is 11.3. The molecule has 0 aliphatic carbocycles. The Morgan fingerprint density at radius 2 is 1.90 bits per heavy atom. The van der Waals surface area contributed by atoms with E-state index in [9.17, 15) is 4.79 Å². The Morgan fingerprint density at radius 3 is 2.62 bits per heavy atom. The summed E-state index contributed by atoms with van der Waals surface area (Å²) in [5.74, 6) is 0. The van der Waals surface area contributed by atoms with Crippen LogP contribution in [0.25, 0.3) is 10.9 Å². The van der Waals surface area contributed by atoms with Crippen molar-refractivity contribution in [2.24, 2.45) is 0 Å². The second-order valence-corrected chi connectivity index (χ2v) is 5.59. The molecule has 0 saturated carbocycles. The lowest BCUT2D eigenvalue weighted by molar-refractivity contribution is 0.112. The fourth-order valence-electron chi connectivity index (χ4n) is 2.68. The Kier molecular flexibility index (Phi) is 3.80. The molecule has 0 aliphatic rings. The molecule has 106 valence electrons. The lowest BCUT2D eigenvalue weighted by Crippen LogP contribution is -2.01. The van der Waals surface area contributed by atoms with Gasteiger partial charge in [-0.15, -0.1) is 0 Å². The van der Waals surface area contributed by atoms with Crippen LogP contribution < -0.4 is 0 Å². The molecule has 21 heavy (non-hydrogen) atoms. The van der Waals surface area contributed by atoms with Crippen molar-refractivity contribution in [1.29, 1.82) is 0 Å². The van der Waals surface area contributed by atoms with Gasteiger partial charge in [0, 0.05) is 17.4 Å². The minimum atomic E-state index is 0.529. The number of benzene rings is 2. The maximum atomic E-state index is 11.3. The van der Waals surface area contributed by atoms with Crippen LogP contribution in [0.15, 0.2) is 48.5 Å². The number of aldehydes is 1. The molecule has 0 radical (unpaired) electrons. The monoisotopic (exact) mass is 297 g/mol. The van der Waals surface area contributed by atoms with E-state index in [0.717, 1.165) is 35.7 Å². The average Bonchev–Trinajstić information content (AvgIpc) is 2.76. The molecule has 3 aromatic rings. The molecule has 0 bridgehead atoms. The molecule has 3 rings (SSSR count). The molecule has 1 aromatic heterocycles. The van der Waals surface area contributed by atoms with Crippen LogP contribution in [0.5, 0.6) is 0 Å². The van der Waals surface area contributed by atoms with Gasteiger partial charge in [-0.1, -0.05) is 53.6 Å². The van der Waals surface area contributed by atoms with Crippen LogP contribution in [0.3, 0.4) is 0 Å². The summed E-state index contributed by atoms with van der Waals surface area (Å²) in [6, 6.07) is 16.4. The lowest BCUT2D eigenvalue weighted by Gasteiger charge is -2.07. The fourth-order valence-corrected chi connectivity index (χ4v) is 3.00. The predicted octanol–water partition coefficient (Wildman–Crippen LogP) is 4.66. The van der Waals surface area contributed by atoms with Gasteiger partial charge in [0.05, 0.1) is 5.56 Å². The van der Waals surface area contributed by atoms with E-state index in [4.69, 9.17) is 11.6 Å². The summed E-state index contributed by atoms with van der Waals surface area (Å²) < 4.78 is 2.02. The molecule has 0 aliphatic heterocycles. The third kappa shape index (κ3) is 2.59. The van der Waals surface area contributed by atoms with E-state index < -0.39 is 0 Å². The molecule has 3 heteroatoms. The van der Waals surface area contributed by atoms with Crippen LogP contribution in [0.4, 0.5) is 0 Å². The zero-order valence-electron chi connectivity index (χ0n) is 11.8. The van der Waals surface area contributed by atoms with Crippen LogP contribution in [0, 0.1) is 6.92 Å². The number of nitrogens with zero attached hydrogens (tertiary/aromatic N) is 1. The summed E-state index contributed by atoms with van der Waals surface area (Å²) in [7, 11) is 0. The molecule has 0 fully saturated rings. The third-order valence-corrected chi connectivity index (χ3v) is 4.18. The van der Waals surface area contributed by atoms with Crippen LogP contribution in [0.2, 0.25) is 5.15 Å². The fraction of sp³-hybridized carbons (Fsp3) is 0.167. The van der Waals surface area contributed by atoms with E-state index in [2.05, 4.69) is 12.1 Å². The minimum absolute atomic E-state index is 0.529. The van der Waals surface area contributed by atoms with Crippen molar-refractivity contribution < 1.29 is 4.79 Å². The second kappa shape index (κ2) is 5.74. The van der Waals surface area contributed by atoms with Crippen molar-refractivity contribution >= 4 is 28.8 Å². The SMILES string of the molecule is Cc1ccc2c(c1)c(C=O)c(Cl)n2CCc1ccccc1. The van der Waals surface area contributed by atoms with Crippen molar-refractivity contribution in [3.05, 3.63) is 70.4 Å². The number of carbonyl (C=O) groups excluding carboxylic acids is 1. The van der Waals surface area contributed by atoms with E-state index >= 15 is 0 Å². The Labute approximate surface area is 129 Å². The molecule has 0 unspecified atom stereocenters. The summed E-state index contributed by atoms with van der Waals surface area (Å²) in [5.41, 5.74) is 3.99. The van der Waals surface area contributed by atoms with Crippen molar-refractivity contribution in [1.82, 2.24) is 4.57 Å². The summed E-state index contributed by atoms with van der Waals surface area (Å²) in [6.07, 6.45) is 1.74. The van der Waals surface area contributed by atoms with Gasteiger partial charge in [-0.05, 0) is 31.0 Å².